The van der Waals surface area contributed by atoms with E-state index in [1.54, 1.807) is 20.8 Å². The van der Waals surface area contributed by atoms with Gasteiger partial charge in [-0.15, -0.1) is 0 Å². The number of nitrogens with one attached hydrogen (secondary N) is 1. The molecule has 1 N–H and O–H groups in total. The fourth-order valence-corrected chi connectivity index (χ4v) is 2.35. The van der Waals surface area contributed by atoms with Crippen molar-refractivity contribution in [1.29, 1.82) is 5.26 Å². The van der Waals surface area contributed by atoms with E-state index in [4.69, 9.17) is 4.74 Å². The fraction of sp³-hybridized carbons (Fsp3) is 0.667. The first kappa shape index (κ1) is 18.1. The third-order valence-corrected chi connectivity index (χ3v) is 3.33. The standard InChI is InChI=1S/C18H26N2O2/c1-7-9-17(5,6)10-8-14-11-18(12-14,13-19)20-15(21)22-16(2,3)4/h7,9,14H,11-12H2,1-6H3,(H,20,21)/b9-7-. The quantitative estimate of drug-likeness (QED) is 0.623. The van der Waals surface area contributed by atoms with E-state index in [-0.39, 0.29) is 11.3 Å². The molecule has 120 valence electrons. The third-order valence-electron chi connectivity index (χ3n) is 3.33. The van der Waals surface area contributed by atoms with Gasteiger partial charge in [0.25, 0.3) is 0 Å². The Hall–Kier alpha value is -1.94. The first-order chi connectivity index (χ1) is 10.0. The molecule has 0 radical (unpaired) electrons. The largest absolute Gasteiger partial charge is 0.444 e. The summed E-state index contributed by atoms with van der Waals surface area (Å²) in [6.07, 6.45) is 4.58. The molecule has 22 heavy (non-hydrogen) atoms. The topological polar surface area (TPSA) is 62.1 Å². The highest BCUT2D eigenvalue weighted by Gasteiger charge is 2.46. The molecule has 0 heterocycles. The number of ether oxygens (including phenoxy) is 1. The Kier molecular flexibility index (Phi) is 5.30. The van der Waals surface area contributed by atoms with Crippen LogP contribution < -0.4 is 5.32 Å². The average Bonchev–Trinajstić information content (AvgIpc) is 2.29. The molecule has 4 heteroatoms. The van der Waals surface area contributed by atoms with Crippen LogP contribution in [0.2, 0.25) is 0 Å². The van der Waals surface area contributed by atoms with Crippen molar-refractivity contribution in [2.24, 2.45) is 11.3 Å². The third kappa shape index (κ3) is 5.45. The van der Waals surface area contributed by atoms with Gasteiger partial charge in [0, 0.05) is 11.3 Å². The van der Waals surface area contributed by atoms with Gasteiger partial charge in [0.1, 0.15) is 11.1 Å². The van der Waals surface area contributed by atoms with Gasteiger partial charge in [-0.1, -0.05) is 24.0 Å². The van der Waals surface area contributed by atoms with Gasteiger partial charge in [0.05, 0.1) is 6.07 Å². The van der Waals surface area contributed by atoms with Crippen LogP contribution in [0.4, 0.5) is 4.79 Å². The minimum absolute atomic E-state index is 0.138. The molecular formula is C18H26N2O2. The van der Waals surface area contributed by atoms with Gasteiger partial charge < -0.3 is 10.1 Å². The summed E-state index contributed by atoms with van der Waals surface area (Å²) in [7, 11) is 0. The van der Waals surface area contributed by atoms with Gasteiger partial charge in [-0.25, -0.2) is 4.79 Å². The number of carbonyl (C=O) groups is 1. The number of rotatable bonds is 2. The monoisotopic (exact) mass is 302 g/mol. The Morgan fingerprint density at radius 1 is 1.32 bits per heavy atom. The molecule has 1 saturated carbocycles. The van der Waals surface area contributed by atoms with Crippen molar-refractivity contribution in [3.05, 3.63) is 12.2 Å². The summed E-state index contributed by atoms with van der Waals surface area (Å²) in [5, 5.41) is 12.0. The fourth-order valence-electron chi connectivity index (χ4n) is 2.35. The first-order valence-corrected chi connectivity index (χ1v) is 7.60. The summed E-state index contributed by atoms with van der Waals surface area (Å²) >= 11 is 0. The van der Waals surface area contributed by atoms with Crippen LogP contribution in [-0.4, -0.2) is 17.2 Å². The summed E-state index contributed by atoms with van der Waals surface area (Å²) in [4.78, 5) is 11.8. The average molecular weight is 302 g/mol. The zero-order chi connectivity index (χ0) is 17.0. The number of hydrogen-bond acceptors (Lipinski definition) is 3. The van der Waals surface area contributed by atoms with Crippen molar-refractivity contribution in [3.8, 4) is 17.9 Å². The number of nitriles is 1. The summed E-state index contributed by atoms with van der Waals surface area (Å²) in [6, 6.07) is 2.19. The highest BCUT2D eigenvalue weighted by molar-refractivity contribution is 5.70. The maximum Gasteiger partial charge on any atom is 0.408 e. The zero-order valence-corrected chi connectivity index (χ0v) is 14.4. The van der Waals surface area contributed by atoms with Crippen LogP contribution in [0.3, 0.4) is 0 Å². The minimum atomic E-state index is -0.841. The van der Waals surface area contributed by atoms with Crippen LogP contribution in [-0.2, 0) is 4.74 Å². The lowest BCUT2D eigenvalue weighted by Crippen LogP contribution is -2.57. The highest BCUT2D eigenvalue weighted by atomic mass is 16.6. The van der Waals surface area contributed by atoms with Gasteiger partial charge in [0.15, 0.2) is 0 Å². The lowest BCUT2D eigenvalue weighted by molar-refractivity contribution is 0.0413. The van der Waals surface area contributed by atoms with Crippen LogP contribution in [0.15, 0.2) is 12.2 Å². The lowest BCUT2D eigenvalue weighted by atomic mass is 9.69. The van der Waals surface area contributed by atoms with E-state index in [1.165, 1.54) is 0 Å². The molecule has 0 aromatic heterocycles. The second-order valence-electron chi connectivity index (χ2n) is 7.42. The number of nitrogens with zero attached hydrogens (tertiary/aromatic N) is 1. The van der Waals surface area contributed by atoms with Gasteiger partial charge in [-0.05, 0) is 54.4 Å². The van der Waals surface area contributed by atoms with Crippen molar-refractivity contribution < 1.29 is 9.53 Å². The number of alkyl carbamates (subject to hydrolysis) is 1. The molecule has 0 bridgehead atoms. The predicted molar refractivity (Wildman–Crippen MR) is 86.8 cm³/mol. The van der Waals surface area contributed by atoms with E-state index in [2.05, 4.69) is 43.2 Å². The van der Waals surface area contributed by atoms with E-state index in [9.17, 15) is 10.1 Å². The number of hydrogen-bond donors (Lipinski definition) is 1. The van der Waals surface area contributed by atoms with Crippen LogP contribution in [0.25, 0.3) is 0 Å². The SMILES string of the molecule is C/C=C\C(C)(C)C#CC1CC(C#N)(NC(=O)OC(C)(C)C)C1. The molecule has 0 saturated heterocycles. The summed E-state index contributed by atoms with van der Waals surface area (Å²) < 4.78 is 5.21. The second kappa shape index (κ2) is 6.44. The number of carbonyl (C=O) groups excluding carboxylic acids is 1. The molecule has 0 aromatic rings. The Labute approximate surface area is 133 Å². The zero-order valence-electron chi connectivity index (χ0n) is 14.4. The Balaban J connectivity index is 2.61. The molecule has 1 aliphatic rings. The smallest absolute Gasteiger partial charge is 0.408 e. The number of allylic oxidation sites excluding steroid dienone is 2. The molecule has 0 atom stereocenters. The van der Waals surface area contributed by atoms with Crippen LogP contribution in [0.5, 0.6) is 0 Å². The van der Waals surface area contributed by atoms with Gasteiger partial charge in [0.2, 0.25) is 0 Å². The Morgan fingerprint density at radius 3 is 2.36 bits per heavy atom. The van der Waals surface area contributed by atoms with Crippen LogP contribution in [0, 0.1) is 34.5 Å². The van der Waals surface area contributed by atoms with E-state index >= 15 is 0 Å². The minimum Gasteiger partial charge on any atom is -0.444 e. The summed E-state index contributed by atoms with van der Waals surface area (Å²) in [5.41, 5.74) is -1.58. The van der Waals surface area contributed by atoms with Crippen molar-refractivity contribution in [3.63, 3.8) is 0 Å². The van der Waals surface area contributed by atoms with Gasteiger partial charge >= 0.3 is 6.09 Å². The van der Waals surface area contributed by atoms with E-state index in [0.29, 0.717) is 12.8 Å². The molecule has 0 spiro atoms. The first-order valence-electron chi connectivity index (χ1n) is 7.60. The molecule has 1 aliphatic carbocycles. The Bertz CT molecular complexity index is 544. The molecule has 0 unspecified atom stereocenters. The van der Waals surface area contributed by atoms with Crippen LogP contribution >= 0.6 is 0 Å². The molecular weight excluding hydrogens is 276 g/mol. The molecule has 1 rings (SSSR count). The highest BCUT2D eigenvalue weighted by Crippen LogP contribution is 2.37. The molecule has 0 aliphatic heterocycles. The molecule has 4 nitrogen and oxygen atoms in total. The maximum atomic E-state index is 11.8. The Morgan fingerprint density at radius 2 is 1.91 bits per heavy atom. The molecule has 1 fully saturated rings. The van der Waals surface area contributed by atoms with E-state index < -0.39 is 17.2 Å². The summed E-state index contributed by atoms with van der Waals surface area (Å²) in [6.45, 7) is 11.5. The normalized spacial score (nSPS) is 24.7. The van der Waals surface area contributed by atoms with Crippen molar-refractivity contribution in [2.75, 3.05) is 0 Å². The second-order valence-corrected chi connectivity index (χ2v) is 7.42. The van der Waals surface area contributed by atoms with Crippen molar-refractivity contribution >= 4 is 6.09 Å². The lowest BCUT2D eigenvalue weighted by Gasteiger charge is -2.40. The number of amides is 1. The van der Waals surface area contributed by atoms with Gasteiger partial charge in [-0.3, -0.25) is 0 Å². The van der Waals surface area contributed by atoms with Crippen LogP contribution in [0.1, 0.15) is 54.4 Å². The van der Waals surface area contributed by atoms with Gasteiger partial charge in [-0.2, -0.15) is 5.26 Å². The van der Waals surface area contributed by atoms with E-state index in [0.717, 1.165) is 0 Å². The molecule has 1 amide bonds. The maximum absolute atomic E-state index is 11.8. The predicted octanol–water partition coefficient (Wildman–Crippen LogP) is 3.79. The molecule has 0 aromatic carbocycles. The van der Waals surface area contributed by atoms with Crippen molar-refractivity contribution in [1.82, 2.24) is 5.32 Å². The summed E-state index contributed by atoms with van der Waals surface area (Å²) in [5.74, 6) is 6.57. The van der Waals surface area contributed by atoms with E-state index in [1.807, 2.05) is 13.0 Å². The van der Waals surface area contributed by atoms with Crippen molar-refractivity contribution in [2.45, 2.75) is 65.5 Å².